The second-order valence-electron chi connectivity index (χ2n) is 16.8. The molecule has 0 bridgehead atoms. The first-order valence-electron chi connectivity index (χ1n) is 21.9. The molecule has 0 aromatic heterocycles. The molecule has 4 heteroatoms. The van der Waals surface area contributed by atoms with Crippen molar-refractivity contribution in [1.29, 1.82) is 0 Å². The van der Waals surface area contributed by atoms with E-state index in [4.69, 9.17) is 0 Å². The Hall–Kier alpha value is -8.08. The van der Waals surface area contributed by atoms with Crippen molar-refractivity contribution < 1.29 is 0 Å². The van der Waals surface area contributed by atoms with Crippen LogP contribution in [-0.2, 0) is 5.41 Å². The maximum absolute atomic E-state index is 2.59. The summed E-state index contributed by atoms with van der Waals surface area (Å²) in [6.07, 6.45) is 0. The van der Waals surface area contributed by atoms with Crippen LogP contribution in [0.4, 0.5) is 51.2 Å². The Morgan fingerprint density at radius 1 is 0.317 bits per heavy atom. The molecule has 3 aliphatic rings. The molecule has 13 rings (SSSR count). The van der Waals surface area contributed by atoms with Gasteiger partial charge < -0.3 is 14.7 Å². The molecule has 0 unspecified atom stereocenters. The second-order valence-corrected chi connectivity index (χ2v) is 16.8. The second kappa shape index (κ2) is 14.0. The molecule has 0 saturated carbocycles. The summed E-state index contributed by atoms with van der Waals surface area (Å²) in [4.78, 5) is 7.67. The number of anilines is 9. The van der Waals surface area contributed by atoms with Gasteiger partial charge in [-0.15, -0.1) is 0 Å². The number of fused-ring (bicyclic) bond motifs is 8. The average Bonchev–Trinajstić information content (AvgIpc) is 3.36. The summed E-state index contributed by atoms with van der Waals surface area (Å²) >= 11 is 0. The van der Waals surface area contributed by atoms with Gasteiger partial charge in [-0.1, -0.05) is 194 Å². The molecular formula is C59H40BN3. The lowest BCUT2D eigenvalue weighted by Crippen LogP contribution is -2.65. The molecular weight excluding hydrogens is 761 g/mol. The third-order valence-corrected chi connectivity index (χ3v) is 13.7. The van der Waals surface area contributed by atoms with Crippen LogP contribution in [-0.4, -0.2) is 6.71 Å². The Balaban J connectivity index is 1.30. The van der Waals surface area contributed by atoms with E-state index in [-0.39, 0.29) is 6.71 Å². The molecule has 3 heterocycles. The largest absolute Gasteiger partial charge is 0.309 e. The number of rotatable bonds is 5. The van der Waals surface area contributed by atoms with Crippen LogP contribution in [0, 0.1) is 0 Å². The van der Waals surface area contributed by atoms with Crippen molar-refractivity contribution in [2.45, 2.75) is 5.41 Å². The van der Waals surface area contributed by atoms with Crippen LogP contribution in [0.5, 0.6) is 0 Å². The summed E-state index contributed by atoms with van der Waals surface area (Å²) in [5.74, 6) is 0. The molecule has 0 saturated heterocycles. The topological polar surface area (TPSA) is 9.72 Å². The monoisotopic (exact) mass is 801 g/mol. The lowest BCUT2D eigenvalue weighted by atomic mass is 9.29. The summed E-state index contributed by atoms with van der Waals surface area (Å²) in [5.41, 5.74) is 18.6. The Morgan fingerprint density at radius 3 is 1.46 bits per heavy atom. The summed E-state index contributed by atoms with van der Waals surface area (Å²) < 4.78 is 0. The highest BCUT2D eigenvalue weighted by atomic mass is 15.3. The molecule has 10 aromatic carbocycles. The van der Waals surface area contributed by atoms with Gasteiger partial charge in [0.2, 0.25) is 6.71 Å². The van der Waals surface area contributed by atoms with Crippen molar-refractivity contribution in [2.24, 2.45) is 0 Å². The molecule has 10 aromatic rings. The van der Waals surface area contributed by atoms with Gasteiger partial charge in [0.1, 0.15) is 0 Å². The fourth-order valence-electron chi connectivity index (χ4n) is 11.3. The van der Waals surface area contributed by atoms with E-state index in [0.717, 1.165) is 39.8 Å². The summed E-state index contributed by atoms with van der Waals surface area (Å²) in [5, 5.41) is 2.40. The number of benzene rings is 10. The average molecular weight is 802 g/mol. The predicted molar refractivity (Wildman–Crippen MR) is 265 cm³/mol. The van der Waals surface area contributed by atoms with E-state index in [0.29, 0.717) is 0 Å². The highest BCUT2D eigenvalue weighted by Gasteiger charge is 2.53. The summed E-state index contributed by atoms with van der Waals surface area (Å²) in [6.45, 7) is -0.0472. The SMILES string of the molecule is c1ccc(N2c3ccccc3N(c3cccc4ccccc34)c3cc4c5c(c32)N(c2ccccc2)c2ccccc2B5c2ccccc2C4(c2ccccc2)c2ccccc2)cc1. The van der Waals surface area contributed by atoms with Crippen molar-refractivity contribution in [1.82, 2.24) is 0 Å². The number of nitrogens with zero attached hydrogens (tertiary/aromatic N) is 3. The molecule has 0 radical (unpaired) electrons. The fourth-order valence-corrected chi connectivity index (χ4v) is 11.3. The predicted octanol–water partition coefficient (Wildman–Crippen LogP) is 13.1. The van der Waals surface area contributed by atoms with E-state index in [1.165, 1.54) is 60.8 Å². The summed E-state index contributed by atoms with van der Waals surface area (Å²) in [7, 11) is 0. The lowest BCUT2D eigenvalue weighted by molar-refractivity contribution is 0.750. The molecule has 0 N–H and O–H groups in total. The quantitative estimate of drug-likeness (QED) is 0.161. The van der Waals surface area contributed by atoms with E-state index in [2.05, 4.69) is 257 Å². The van der Waals surface area contributed by atoms with Crippen LogP contribution in [0.15, 0.2) is 243 Å². The number of hydrogen-bond donors (Lipinski definition) is 0. The van der Waals surface area contributed by atoms with Crippen molar-refractivity contribution in [3.05, 3.63) is 265 Å². The molecule has 63 heavy (non-hydrogen) atoms. The molecule has 0 aliphatic carbocycles. The van der Waals surface area contributed by atoms with Crippen LogP contribution < -0.4 is 31.1 Å². The van der Waals surface area contributed by atoms with Crippen LogP contribution in [0.25, 0.3) is 10.8 Å². The maximum atomic E-state index is 2.59. The molecule has 3 aliphatic heterocycles. The smallest absolute Gasteiger partial charge is 0.247 e. The minimum Gasteiger partial charge on any atom is -0.309 e. The van der Waals surface area contributed by atoms with Crippen molar-refractivity contribution >= 4 is 85.1 Å². The normalized spacial score (nSPS) is 14.0. The zero-order chi connectivity index (χ0) is 41.5. The maximum Gasteiger partial charge on any atom is 0.247 e. The third-order valence-electron chi connectivity index (χ3n) is 13.7. The lowest BCUT2D eigenvalue weighted by Gasteiger charge is -2.51. The Morgan fingerprint density at radius 2 is 0.794 bits per heavy atom. The highest BCUT2D eigenvalue weighted by Crippen LogP contribution is 2.62. The van der Waals surface area contributed by atoms with Gasteiger partial charge in [0.15, 0.2) is 0 Å². The van der Waals surface area contributed by atoms with Gasteiger partial charge in [-0.25, -0.2) is 0 Å². The molecule has 0 spiro atoms. The molecule has 0 fully saturated rings. The van der Waals surface area contributed by atoms with Crippen LogP contribution in [0.3, 0.4) is 0 Å². The zero-order valence-electron chi connectivity index (χ0n) is 34.5. The Kier molecular flexibility index (Phi) is 7.92. The van der Waals surface area contributed by atoms with E-state index < -0.39 is 5.41 Å². The van der Waals surface area contributed by atoms with E-state index in [9.17, 15) is 0 Å². The van der Waals surface area contributed by atoms with Gasteiger partial charge in [-0.2, -0.15) is 0 Å². The molecule has 0 atom stereocenters. The highest BCUT2D eigenvalue weighted by molar-refractivity contribution is 6.99. The Bertz CT molecular complexity index is 3330. The van der Waals surface area contributed by atoms with Crippen LogP contribution in [0.2, 0.25) is 0 Å². The zero-order valence-corrected chi connectivity index (χ0v) is 34.5. The van der Waals surface area contributed by atoms with Crippen molar-refractivity contribution in [3.63, 3.8) is 0 Å². The third kappa shape index (κ3) is 5.04. The summed E-state index contributed by atoms with van der Waals surface area (Å²) in [6, 6.07) is 90.0. The first kappa shape index (κ1) is 35.7. The van der Waals surface area contributed by atoms with Crippen LogP contribution >= 0.6 is 0 Å². The first-order chi connectivity index (χ1) is 31.3. The van der Waals surface area contributed by atoms with Gasteiger partial charge in [0.25, 0.3) is 0 Å². The molecule has 294 valence electrons. The van der Waals surface area contributed by atoms with Gasteiger partial charge >= 0.3 is 0 Å². The minimum atomic E-state index is -0.678. The first-order valence-corrected chi connectivity index (χ1v) is 21.9. The van der Waals surface area contributed by atoms with E-state index in [1.54, 1.807) is 0 Å². The standard InChI is InChI=1S/C59H40BN3/c1-5-24-42(25-6-1)59(43-26-7-2-8-27-43)47-33-15-16-34-49(47)60-50-35-17-18-36-52(50)61(44-28-9-3-10-29-44)58-56(60)48(59)40-55-57(58)62(45-30-11-4-12-31-45)53-37-19-20-38-54(53)63(55)51-39-21-23-41-22-13-14-32-46(41)51/h1-40H. The number of hydrogen-bond acceptors (Lipinski definition) is 3. The van der Waals surface area contributed by atoms with Crippen molar-refractivity contribution in [2.75, 3.05) is 14.7 Å². The number of para-hydroxylation sites is 5. The van der Waals surface area contributed by atoms with E-state index in [1.807, 2.05) is 0 Å². The van der Waals surface area contributed by atoms with Gasteiger partial charge in [-0.05, 0) is 93.2 Å². The molecule has 0 amide bonds. The fraction of sp³-hybridized carbons (Fsp3) is 0.0169. The molecule has 3 nitrogen and oxygen atoms in total. The van der Waals surface area contributed by atoms with Gasteiger partial charge in [0.05, 0.1) is 39.5 Å². The van der Waals surface area contributed by atoms with Crippen LogP contribution in [0.1, 0.15) is 22.3 Å². The van der Waals surface area contributed by atoms with Crippen molar-refractivity contribution in [3.8, 4) is 0 Å². The Labute approximate surface area is 368 Å². The van der Waals surface area contributed by atoms with Gasteiger partial charge in [-0.3, -0.25) is 0 Å². The minimum absolute atomic E-state index is 0.0472. The van der Waals surface area contributed by atoms with Gasteiger partial charge in [0, 0.05) is 22.4 Å². The van der Waals surface area contributed by atoms with E-state index >= 15 is 0 Å².